The molecule has 0 bridgehead atoms. The molecule has 7 heteroatoms. The number of furan rings is 1. The van der Waals surface area contributed by atoms with Gasteiger partial charge < -0.3 is 4.42 Å². The topological polar surface area (TPSA) is 96.1 Å². The molecule has 0 aromatic carbocycles. The van der Waals surface area contributed by atoms with Gasteiger partial charge in [0.15, 0.2) is 11.5 Å². The highest BCUT2D eigenvalue weighted by Crippen LogP contribution is 2.16. The lowest BCUT2D eigenvalue weighted by molar-refractivity contribution is 0.0902. The van der Waals surface area contributed by atoms with Crippen molar-refractivity contribution in [1.29, 1.82) is 0 Å². The van der Waals surface area contributed by atoms with Gasteiger partial charge in [-0.2, -0.15) is 10.2 Å². The van der Waals surface area contributed by atoms with E-state index in [9.17, 15) is 9.59 Å². The monoisotopic (exact) mass is 368 g/mol. The van der Waals surface area contributed by atoms with E-state index in [1.807, 2.05) is 0 Å². The quantitative estimate of drug-likeness (QED) is 0.457. The van der Waals surface area contributed by atoms with E-state index >= 15 is 0 Å². The Balaban J connectivity index is 1.46. The highest BCUT2D eigenvalue weighted by molar-refractivity contribution is 5.95. The molecule has 2 amide bonds. The second-order valence-corrected chi connectivity index (χ2v) is 6.69. The fourth-order valence-electron chi connectivity index (χ4n) is 3.00. The van der Waals surface area contributed by atoms with Crippen molar-refractivity contribution in [2.75, 3.05) is 0 Å². The third-order valence-corrected chi connectivity index (χ3v) is 4.58. The zero-order valence-corrected chi connectivity index (χ0v) is 15.1. The fraction of sp³-hybridized carbons (Fsp3) is 0.400. The number of hydrogen-bond acceptors (Lipinski definition) is 5. The van der Waals surface area contributed by atoms with Crippen LogP contribution in [-0.2, 0) is 0 Å². The van der Waals surface area contributed by atoms with Crippen LogP contribution in [0.25, 0.3) is 0 Å². The predicted octanol–water partition coefficient (Wildman–Crippen LogP) is 3.42. The van der Waals surface area contributed by atoms with E-state index in [2.05, 4.69) is 45.4 Å². The molecule has 0 spiro atoms. The van der Waals surface area contributed by atoms with Gasteiger partial charge in [0.25, 0.3) is 0 Å². The minimum absolute atomic E-state index is 0.0298. The largest absolute Gasteiger partial charge is 0.446 e. The smallest absolute Gasteiger partial charge is 0.307 e. The van der Waals surface area contributed by atoms with Crippen molar-refractivity contribution in [3.05, 3.63) is 48.0 Å². The molecule has 1 aromatic heterocycles. The molecule has 0 unspecified atom stereocenters. The van der Waals surface area contributed by atoms with Gasteiger partial charge in [0, 0.05) is 12.4 Å². The Bertz CT molecular complexity index is 713. The lowest BCUT2D eigenvalue weighted by atomic mass is 9.96. The minimum Gasteiger partial charge on any atom is -0.446 e. The standard InChI is InChI=1S/C20H24N4O3/c25-19(23-21-13-15-7-3-1-4-8-15)17-11-12-18(27-17)20(26)24-22-14-16-9-5-2-6-10-16/h1-3,5,11-16H,4,6-10H2,(H,23,25)(H,24,26)/t15-,16+. The molecule has 0 aliphatic heterocycles. The van der Waals surface area contributed by atoms with Gasteiger partial charge in [0.05, 0.1) is 0 Å². The summed E-state index contributed by atoms with van der Waals surface area (Å²) in [6, 6.07) is 2.89. The summed E-state index contributed by atoms with van der Waals surface area (Å²) >= 11 is 0. The molecule has 0 saturated carbocycles. The molecule has 0 saturated heterocycles. The van der Waals surface area contributed by atoms with E-state index in [4.69, 9.17) is 4.42 Å². The Morgan fingerprint density at radius 1 is 0.852 bits per heavy atom. The van der Waals surface area contributed by atoms with Crippen molar-refractivity contribution in [2.45, 2.75) is 38.5 Å². The number of carbonyl (C=O) groups excluding carboxylic acids is 2. The van der Waals surface area contributed by atoms with E-state index in [1.54, 1.807) is 12.4 Å². The second-order valence-electron chi connectivity index (χ2n) is 6.69. The van der Waals surface area contributed by atoms with Crippen LogP contribution in [0.3, 0.4) is 0 Å². The molecule has 27 heavy (non-hydrogen) atoms. The average Bonchev–Trinajstić information content (AvgIpc) is 3.20. The zero-order valence-electron chi connectivity index (χ0n) is 15.1. The third kappa shape index (κ3) is 5.77. The number of nitrogens with zero attached hydrogens (tertiary/aromatic N) is 2. The SMILES string of the molecule is O=C(NN=C[C@@H]1CC=CCC1)c1ccc(C(=O)NN=C[C@H]2CC=CCC2)o1. The Morgan fingerprint density at radius 3 is 1.74 bits per heavy atom. The maximum absolute atomic E-state index is 12.0. The summed E-state index contributed by atoms with van der Waals surface area (Å²) < 4.78 is 5.30. The number of amides is 2. The van der Waals surface area contributed by atoms with Crippen molar-refractivity contribution >= 4 is 24.2 Å². The lowest BCUT2D eigenvalue weighted by Crippen LogP contribution is -2.19. The number of hydrogen-bond donors (Lipinski definition) is 2. The molecule has 2 N–H and O–H groups in total. The fourth-order valence-corrected chi connectivity index (χ4v) is 3.00. The highest BCUT2D eigenvalue weighted by atomic mass is 16.4. The zero-order chi connectivity index (χ0) is 18.9. The predicted molar refractivity (Wildman–Crippen MR) is 104 cm³/mol. The molecule has 0 radical (unpaired) electrons. The molecule has 142 valence electrons. The van der Waals surface area contributed by atoms with E-state index in [-0.39, 0.29) is 11.5 Å². The number of rotatable bonds is 6. The Hall–Kier alpha value is -2.96. The lowest BCUT2D eigenvalue weighted by Gasteiger charge is -2.11. The van der Waals surface area contributed by atoms with Crippen molar-refractivity contribution in [3.63, 3.8) is 0 Å². The summed E-state index contributed by atoms with van der Waals surface area (Å²) in [6.45, 7) is 0. The van der Waals surface area contributed by atoms with E-state index < -0.39 is 11.8 Å². The van der Waals surface area contributed by atoms with Gasteiger partial charge in [-0.25, -0.2) is 10.9 Å². The number of nitrogens with one attached hydrogen (secondary N) is 2. The van der Waals surface area contributed by atoms with Crippen LogP contribution in [0.15, 0.2) is 51.1 Å². The Kier molecular flexibility index (Phi) is 6.73. The summed E-state index contributed by atoms with van der Waals surface area (Å²) in [7, 11) is 0. The first-order valence-corrected chi connectivity index (χ1v) is 9.29. The van der Waals surface area contributed by atoms with Crippen LogP contribution >= 0.6 is 0 Å². The third-order valence-electron chi connectivity index (χ3n) is 4.58. The number of allylic oxidation sites excluding steroid dienone is 4. The first kappa shape index (κ1) is 18.8. The number of hydrazone groups is 2. The van der Waals surface area contributed by atoms with Crippen molar-refractivity contribution in [2.24, 2.45) is 22.0 Å². The van der Waals surface area contributed by atoms with Gasteiger partial charge in [-0.05, 0) is 62.5 Å². The Labute approximate surface area is 158 Å². The van der Waals surface area contributed by atoms with Gasteiger partial charge in [0.1, 0.15) is 0 Å². The molecular formula is C20H24N4O3. The molecular weight excluding hydrogens is 344 g/mol. The van der Waals surface area contributed by atoms with Gasteiger partial charge >= 0.3 is 11.8 Å². The summed E-state index contributed by atoms with van der Waals surface area (Å²) in [5.74, 6) is -0.246. The maximum atomic E-state index is 12.0. The van der Waals surface area contributed by atoms with Crippen LogP contribution < -0.4 is 10.9 Å². The van der Waals surface area contributed by atoms with Crippen LogP contribution in [0, 0.1) is 11.8 Å². The molecule has 0 fully saturated rings. The van der Waals surface area contributed by atoms with Crippen LogP contribution in [0.5, 0.6) is 0 Å². The van der Waals surface area contributed by atoms with Crippen molar-refractivity contribution in [1.82, 2.24) is 10.9 Å². The minimum atomic E-state index is -0.492. The summed E-state index contributed by atoms with van der Waals surface area (Å²) in [5, 5.41) is 7.96. The molecule has 7 nitrogen and oxygen atoms in total. The second kappa shape index (κ2) is 9.66. The Morgan fingerprint density at radius 2 is 1.33 bits per heavy atom. The molecule has 2 atom stereocenters. The first-order valence-electron chi connectivity index (χ1n) is 9.29. The van der Waals surface area contributed by atoms with Crippen LogP contribution in [0.1, 0.15) is 59.6 Å². The van der Waals surface area contributed by atoms with Crippen molar-refractivity contribution < 1.29 is 14.0 Å². The van der Waals surface area contributed by atoms with E-state index in [0.29, 0.717) is 11.8 Å². The first-order chi connectivity index (χ1) is 13.2. The van der Waals surface area contributed by atoms with Crippen LogP contribution in [0.2, 0.25) is 0 Å². The highest BCUT2D eigenvalue weighted by Gasteiger charge is 2.15. The van der Waals surface area contributed by atoms with Crippen LogP contribution in [0.4, 0.5) is 0 Å². The molecule has 2 aliphatic rings. The molecule has 1 heterocycles. The number of carbonyl (C=O) groups is 2. The summed E-state index contributed by atoms with van der Waals surface area (Å²) in [6.07, 6.45) is 18.0. The summed E-state index contributed by atoms with van der Waals surface area (Å²) in [5.41, 5.74) is 4.86. The van der Waals surface area contributed by atoms with Gasteiger partial charge in [-0.15, -0.1) is 0 Å². The molecule has 3 rings (SSSR count). The van der Waals surface area contributed by atoms with Gasteiger partial charge in [-0.3, -0.25) is 9.59 Å². The van der Waals surface area contributed by atoms with Crippen molar-refractivity contribution in [3.8, 4) is 0 Å². The van der Waals surface area contributed by atoms with E-state index in [1.165, 1.54) is 12.1 Å². The van der Waals surface area contributed by atoms with Crippen LogP contribution in [-0.4, -0.2) is 24.2 Å². The van der Waals surface area contributed by atoms with Gasteiger partial charge in [-0.1, -0.05) is 24.3 Å². The molecule has 2 aliphatic carbocycles. The van der Waals surface area contributed by atoms with Gasteiger partial charge in [0.2, 0.25) is 0 Å². The maximum Gasteiger partial charge on any atom is 0.307 e. The van der Waals surface area contributed by atoms with E-state index in [0.717, 1.165) is 38.5 Å². The summed E-state index contributed by atoms with van der Waals surface area (Å²) in [4.78, 5) is 24.1. The molecule has 1 aromatic rings. The average molecular weight is 368 g/mol. The normalized spacial score (nSPS) is 22.4.